The van der Waals surface area contributed by atoms with Crippen LogP contribution in [0.5, 0.6) is 0 Å². The highest BCUT2D eigenvalue weighted by molar-refractivity contribution is 5.71. The molecule has 1 heterocycles. The number of aromatic nitrogens is 1. The number of aldehydes is 1. The van der Waals surface area contributed by atoms with Crippen LogP contribution in [-0.4, -0.2) is 24.4 Å². The van der Waals surface area contributed by atoms with Crippen molar-refractivity contribution in [3.63, 3.8) is 0 Å². The van der Waals surface area contributed by atoms with Gasteiger partial charge >= 0.3 is 0 Å². The average molecular weight is 250 g/mol. The maximum absolute atomic E-state index is 9.94. The van der Waals surface area contributed by atoms with Crippen molar-refractivity contribution >= 4 is 6.29 Å². The Balaban J connectivity index is 0.000000283. The van der Waals surface area contributed by atoms with E-state index in [4.69, 9.17) is 0 Å². The monoisotopic (exact) mass is 250 g/mol. The van der Waals surface area contributed by atoms with Crippen LogP contribution in [0.25, 0.3) is 0 Å². The van der Waals surface area contributed by atoms with Gasteiger partial charge in [-0.05, 0) is 32.0 Å². The number of rotatable bonds is 2. The van der Waals surface area contributed by atoms with E-state index in [1.54, 1.807) is 24.4 Å². The molecule has 3 heteroatoms. The van der Waals surface area contributed by atoms with Crippen LogP contribution in [0.15, 0.2) is 24.4 Å². The van der Waals surface area contributed by atoms with Gasteiger partial charge in [-0.25, -0.2) is 0 Å². The fourth-order valence-corrected chi connectivity index (χ4v) is 1.84. The number of hydrogen-bond donors (Lipinski definition) is 1. The molecule has 0 saturated heterocycles. The highest BCUT2D eigenvalue weighted by Gasteiger charge is 2.09. The van der Waals surface area contributed by atoms with Crippen LogP contribution in [0.4, 0.5) is 0 Å². The number of pyridine rings is 1. The van der Waals surface area contributed by atoms with Crippen LogP contribution in [0.1, 0.15) is 56.4 Å². The molecule has 0 aromatic carbocycles. The third-order valence-electron chi connectivity index (χ3n) is 2.82. The zero-order valence-corrected chi connectivity index (χ0v) is 11.9. The van der Waals surface area contributed by atoms with Crippen LogP contribution in [0, 0.1) is 0 Å². The second-order valence-corrected chi connectivity index (χ2v) is 4.00. The lowest BCUT2D eigenvalue weighted by Gasteiger charge is -2.20. The van der Waals surface area contributed by atoms with Gasteiger partial charge < -0.3 is 5.32 Å². The van der Waals surface area contributed by atoms with Crippen molar-refractivity contribution in [2.24, 2.45) is 0 Å². The lowest BCUT2D eigenvalue weighted by molar-refractivity contribution is 0.111. The van der Waals surface area contributed by atoms with Crippen LogP contribution in [0.2, 0.25) is 0 Å². The number of hydrogen-bond acceptors (Lipinski definition) is 3. The van der Waals surface area contributed by atoms with Gasteiger partial charge in [0.2, 0.25) is 0 Å². The summed E-state index contributed by atoms with van der Waals surface area (Å²) >= 11 is 0. The maximum Gasteiger partial charge on any atom is 0.168 e. The van der Waals surface area contributed by atoms with Crippen molar-refractivity contribution in [3.8, 4) is 0 Å². The second kappa shape index (κ2) is 12.2. The first kappa shape index (κ1) is 16.8. The van der Waals surface area contributed by atoms with E-state index in [1.165, 1.54) is 32.1 Å². The van der Waals surface area contributed by atoms with Gasteiger partial charge in [-0.15, -0.1) is 0 Å². The molecule has 0 spiro atoms. The van der Waals surface area contributed by atoms with Crippen LogP contribution < -0.4 is 5.32 Å². The van der Waals surface area contributed by atoms with Crippen molar-refractivity contribution in [1.29, 1.82) is 0 Å². The Kier molecular flexibility index (Phi) is 11.4. The zero-order valence-electron chi connectivity index (χ0n) is 11.9. The Bertz CT molecular complexity index is 282. The molecule has 18 heavy (non-hydrogen) atoms. The molecule has 0 bridgehead atoms. The zero-order chi connectivity index (χ0) is 13.6. The van der Waals surface area contributed by atoms with E-state index in [1.807, 2.05) is 13.8 Å². The van der Waals surface area contributed by atoms with Crippen molar-refractivity contribution in [3.05, 3.63) is 30.1 Å². The van der Waals surface area contributed by atoms with Gasteiger partial charge in [-0.1, -0.05) is 39.2 Å². The molecule has 1 aliphatic carbocycles. The Morgan fingerprint density at radius 2 is 1.89 bits per heavy atom. The molecule has 102 valence electrons. The fraction of sp³-hybridized carbons (Fsp3) is 0.600. The predicted molar refractivity (Wildman–Crippen MR) is 76.9 cm³/mol. The summed E-state index contributed by atoms with van der Waals surface area (Å²) in [6.07, 6.45) is 9.44. The molecule has 0 aliphatic heterocycles. The lowest BCUT2D eigenvalue weighted by atomic mass is 9.96. The first-order valence-electron chi connectivity index (χ1n) is 6.90. The molecule has 0 atom stereocenters. The summed E-state index contributed by atoms with van der Waals surface area (Å²) in [5.74, 6) is 0. The Hall–Kier alpha value is -1.22. The summed E-state index contributed by atoms with van der Waals surface area (Å²) in [5, 5.41) is 3.30. The molecule has 0 radical (unpaired) electrons. The van der Waals surface area contributed by atoms with E-state index in [-0.39, 0.29) is 0 Å². The summed E-state index contributed by atoms with van der Waals surface area (Å²) in [6.45, 7) is 4.00. The van der Waals surface area contributed by atoms with Gasteiger partial charge in [-0.3, -0.25) is 9.78 Å². The first-order chi connectivity index (χ1) is 8.86. The molecule has 1 aliphatic rings. The molecule has 1 saturated carbocycles. The van der Waals surface area contributed by atoms with E-state index in [0.717, 1.165) is 12.3 Å². The molecular formula is C15H26N2O. The van der Waals surface area contributed by atoms with Gasteiger partial charge in [0, 0.05) is 12.2 Å². The molecule has 1 aromatic heterocycles. The SMILES string of the molecule is CC.CNC1CCCCC1.O=Cc1ccccn1. The minimum absolute atomic E-state index is 0.479. The van der Waals surface area contributed by atoms with Gasteiger partial charge in [-0.2, -0.15) is 0 Å². The predicted octanol–water partition coefficient (Wildman–Crippen LogP) is 3.46. The van der Waals surface area contributed by atoms with Crippen LogP contribution in [-0.2, 0) is 0 Å². The quantitative estimate of drug-likeness (QED) is 0.817. The fourth-order valence-electron chi connectivity index (χ4n) is 1.84. The number of carbonyl (C=O) groups is 1. The number of nitrogens with zero attached hydrogens (tertiary/aromatic N) is 1. The topological polar surface area (TPSA) is 42.0 Å². The van der Waals surface area contributed by atoms with Gasteiger partial charge in [0.05, 0.1) is 0 Å². The molecule has 0 amide bonds. The molecular weight excluding hydrogens is 224 g/mol. The van der Waals surface area contributed by atoms with Crippen molar-refractivity contribution in [1.82, 2.24) is 10.3 Å². The normalized spacial score (nSPS) is 14.6. The Labute approximate surface area is 111 Å². The highest BCUT2D eigenvalue weighted by Crippen LogP contribution is 2.16. The summed E-state index contributed by atoms with van der Waals surface area (Å²) < 4.78 is 0. The van der Waals surface area contributed by atoms with Gasteiger partial charge in [0.1, 0.15) is 5.69 Å². The smallest absolute Gasteiger partial charge is 0.168 e. The van der Waals surface area contributed by atoms with Crippen LogP contribution >= 0.6 is 0 Å². The Morgan fingerprint density at radius 1 is 1.22 bits per heavy atom. The third kappa shape index (κ3) is 7.96. The average Bonchev–Trinajstić information content (AvgIpc) is 2.51. The summed E-state index contributed by atoms with van der Waals surface area (Å²) in [7, 11) is 2.07. The number of nitrogens with one attached hydrogen (secondary N) is 1. The van der Waals surface area contributed by atoms with E-state index < -0.39 is 0 Å². The van der Waals surface area contributed by atoms with Crippen LogP contribution in [0.3, 0.4) is 0 Å². The Morgan fingerprint density at radius 3 is 2.22 bits per heavy atom. The summed E-state index contributed by atoms with van der Waals surface area (Å²) in [5.41, 5.74) is 0.479. The minimum atomic E-state index is 0.479. The molecule has 3 nitrogen and oxygen atoms in total. The van der Waals surface area contributed by atoms with E-state index in [9.17, 15) is 4.79 Å². The minimum Gasteiger partial charge on any atom is -0.317 e. The lowest BCUT2D eigenvalue weighted by Crippen LogP contribution is -2.26. The van der Waals surface area contributed by atoms with Crippen molar-refractivity contribution < 1.29 is 4.79 Å². The molecule has 1 aromatic rings. The largest absolute Gasteiger partial charge is 0.317 e. The van der Waals surface area contributed by atoms with E-state index in [2.05, 4.69) is 17.3 Å². The summed E-state index contributed by atoms with van der Waals surface area (Å²) in [6, 6.07) is 6.04. The molecule has 0 unspecified atom stereocenters. The van der Waals surface area contributed by atoms with Gasteiger partial charge in [0.15, 0.2) is 6.29 Å². The standard InChI is InChI=1S/C7H15N.C6H5NO.C2H6/c1-8-7-5-3-2-4-6-7;8-5-6-3-1-2-4-7-6;1-2/h7-8H,2-6H2,1H3;1-5H;1-2H3. The third-order valence-corrected chi connectivity index (χ3v) is 2.82. The molecule has 1 fully saturated rings. The summed E-state index contributed by atoms with van der Waals surface area (Å²) in [4.78, 5) is 13.7. The van der Waals surface area contributed by atoms with Crippen molar-refractivity contribution in [2.75, 3.05) is 7.05 Å². The number of carbonyl (C=O) groups excluding carboxylic acids is 1. The highest BCUT2D eigenvalue weighted by atomic mass is 16.1. The second-order valence-electron chi connectivity index (χ2n) is 4.00. The molecule has 2 rings (SSSR count). The van der Waals surface area contributed by atoms with E-state index >= 15 is 0 Å². The first-order valence-corrected chi connectivity index (χ1v) is 6.90. The van der Waals surface area contributed by atoms with Crippen molar-refractivity contribution in [2.45, 2.75) is 52.0 Å². The maximum atomic E-state index is 9.94. The van der Waals surface area contributed by atoms with Gasteiger partial charge in [0.25, 0.3) is 0 Å². The molecule has 1 N–H and O–H groups in total. The van der Waals surface area contributed by atoms with E-state index in [0.29, 0.717) is 5.69 Å².